The number of rotatable bonds is 5. The summed E-state index contributed by atoms with van der Waals surface area (Å²) >= 11 is 0. The van der Waals surface area contributed by atoms with Gasteiger partial charge in [0.15, 0.2) is 9.84 Å². The van der Waals surface area contributed by atoms with E-state index >= 15 is 0 Å². The van der Waals surface area contributed by atoms with Crippen LogP contribution in [0.2, 0.25) is 0 Å². The normalized spacial score (nSPS) is 19.4. The Morgan fingerprint density at radius 2 is 2.00 bits per heavy atom. The number of amides is 1. The summed E-state index contributed by atoms with van der Waals surface area (Å²) in [4.78, 5) is 14.0. The topological polar surface area (TPSA) is 54.5 Å². The molecule has 1 aliphatic rings. The maximum absolute atomic E-state index is 12.4. The van der Waals surface area contributed by atoms with E-state index in [0.29, 0.717) is 19.5 Å². The van der Waals surface area contributed by atoms with Crippen LogP contribution >= 0.6 is 0 Å². The molecule has 1 atom stereocenters. The Hall–Kier alpha value is -1.62. The van der Waals surface area contributed by atoms with Crippen LogP contribution in [0.4, 0.5) is 0 Å². The van der Waals surface area contributed by atoms with E-state index in [0.717, 1.165) is 12.0 Å². The molecule has 0 N–H and O–H groups in total. The van der Waals surface area contributed by atoms with Crippen molar-refractivity contribution in [2.75, 3.05) is 18.8 Å². The molecule has 1 aliphatic heterocycles. The summed E-state index contributed by atoms with van der Waals surface area (Å²) in [6.07, 6.45) is 4.70. The van der Waals surface area contributed by atoms with E-state index < -0.39 is 15.1 Å². The van der Waals surface area contributed by atoms with Crippen molar-refractivity contribution in [2.24, 2.45) is 5.92 Å². The monoisotopic (exact) mass is 335 g/mol. The zero-order valence-corrected chi connectivity index (χ0v) is 14.6. The second kappa shape index (κ2) is 7.77. The van der Waals surface area contributed by atoms with Gasteiger partial charge in [0, 0.05) is 19.2 Å². The summed E-state index contributed by atoms with van der Waals surface area (Å²) in [7, 11) is -3.13. The second-order valence-corrected chi connectivity index (χ2v) is 8.84. The Balaban J connectivity index is 2.00. The number of hydrogen-bond donors (Lipinski definition) is 0. The van der Waals surface area contributed by atoms with E-state index in [9.17, 15) is 13.2 Å². The Bertz CT molecular complexity index is 650. The molecule has 23 heavy (non-hydrogen) atoms. The number of likely N-dealkylation sites (tertiary alicyclic amines) is 1. The lowest BCUT2D eigenvalue weighted by Gasteiger charge is -2.32. The van der Waals surface area contributed by atoms with Crippen LogP contribution in [0.15, 0.2) is 36.4 Å². The maximum Gasteiger partial charge on any atom is 0.246 e. The van der Waals surface area contributed by atoms with Crippen LogP contribution in [0, 0.1) is 5.92 Å². The Kier molecular flexibility index (Phi) is 5.99. The third-order valence-electron chi connectivity index (χ3n) is 3.98. The number of sulfone groups is 1. The molecule has 5 heteroatoms. The van der Waals surface area contributed by atoms with Gasteiger partial charge < -0.3 is 4.90 Å². The minimum Gasteiger partial charge on any atom is -0.338 e. The highest BCUT2D eigenvalue weighted by atomic mass is 32.2. The molecule has 1 aromatic rings. The minimum absolute atomic E-state index is 0.113. The quantitative estimate of drug-likeness (QED) is 0.778. The zero-order valence-electron chi connectivity index (χ0n) is 13.8. The molecule has 0 radical (unpaired) electrons. The first-order valence-electron chi connectivity index (χ1n) is 8.12. The number of carbonyl (C=O) groups excluding carboxylic acids is 1. The second-order valence-electron chi connectivity index (χ2n) is 6.52. The lowest BCUT2D eigenvalue weighted by Crippen LogP contribution is -2.45. The average Bonchev–Trinajstić information content (AvgIpc) is 2.52. The standard InChI is InChI=1S/C18H25NO3S/c1-15(2)14-23(21,22)17-9-6-12-19(13-17)18(20)11-10-16-7-4-3-5-8-16/h3-5,7-8,10-11,15,17H,6,9,12-14H2,1-2H3. The van der Waals surface area contributed by atoms with Gasteiger partial charge in [0.05, 0.1) is 11.0 Å². The molecule has 126 valence electrons. The van der Waals surface area contributed by atoms with Crippen molar-refractivity contribution < 1.29 is 13.2 Å². The molecule has 1 heterocycles. The van der Waals surface area contributed by atoms with Crippen molar-refractivity contribution in [3.8, 4) is 0 Å². The van der Waals surface area contributed by atoms with Crippen LogP contribution in [0.1, 0.15) is 32.3 Å². The SMILES string of the molecule is CC(C)CS(=O)(=O)C1CCCN(C(=O)C=Cc2ccccc2)C1. The average molecular weight is 335 g/mol. The molecule has 0 aromatic heterocycles. The van der Waals surface area contributed by atoms with Crippen LogP contribution in [0.3, 0.4) is 0 Å². The molecule has 1 amide bonds. The fourth-order valence-electron chi connectivity index (χ4n) is 2.87. The molecule has 1 unspecified atom stereocenters. The number of nitrogens with zero attached hydrogens (tertiary/aromatic N) is 1. The summed E-state index contributed by atoms with van der Waals surface area (Å²) in [5.74, 6) is 0.196. The first-order valence-corrected chi connectivity index (χ1v) is 9.83. The summed E-state index contributed by atoms with van der Waals surface area (Å²) in [5, 5.41) is -0.423. The fraction of sp³-hybridized carbons (Fsp3) is 0.500. The van der Waals surface area contributed by atoms with Gasteiger partial charge in [-0.2, -0.15) is 0 Å². The van der Waals surface area contributed by atoms with Gasteiger partial charge in [0.1, 0.15) is 0 Å². The first-order chi connectivity index (χ1) is 10.9. The first kappa shape index (κ1) is 17.7. The van der Waals surface area contributed by atoms with Gasteiger partial charge in [-0.3, -0.25) is 4.79 Å². The predicted octanol–water partition coefficient (Wildman–Crippen LogP) is 2.76. The van der Waals surface area contributed by atoms with Gasteiger partial charge in [0.25, 0.3) is 0 Å². The van der Waals surface area contributed by atoms with E-state index in [-0.39, 0.29) is 17.6 Å². The highest BCUT2D eigenvalue weighted by Gasteiger charge is 2.32. The van der Waals surface area contributed by atoms with Crippen molar-refractivity contribution in [3.63, 3.8) is 0 Å². The van der Waals surface area contributed by atoms with E-state index in [2.05, 4.69) is 0 Å². The number of carbonyl (C=O) groups is 1. The van der Waals surface area contributed by atoms with Crippen LogP contribution < -0.4 is 0 Å². The van der Waals surface area contributed by atoms with Gasteiger partial charge >= 0.3 is 0 Å². The molecule has 0 saturated carbocycles. The number of hydrogen-bond acceptors (Lipinski definition) is 3. The molecule has 4 nitrogen and oxygen atoms in total. The van der Waals surface area contributed by atoms with Gasteiger partial charge in [-0.15, -0.1) is 0 Å². The van der Waals surface area contributed by atoms with Gasteiger partial charge in [0.2, 0.25) is 5.91 Å². The number of benzene rings is 1. The van der Waals surface area contributed by atoms with Crippen LogP contribution in [-0.2, 0) is 14.6 Å². The highest BCUT2D eigenvalue weighted by Crippen LogP contribution is 2.20. The molecule has 0 aliphatic carbocycles. The lowest BCUT2D eigenvalue weighted by molar-refractivity contribution is -0.126. The Morgan fingerprint density at radius 3 is 2.65 bits per heavy atom. The lowest BCUT2D eigenvalue weighted by atomic mass is 10.1. The molecular formula is C18H25NO3S. The Labute approximate surface area is 139 Å². The van der Waals surface area contributed by atoms with E-state index in [1.807, 2.05) is 44.2 Å². The molecular weight excluding hydrogens is 310 g/mol. The van der Waals surface area contributed by atoms with Crippen molar-refractivity contribution >= 4 is 21.8 Å². The summed E-state index contributed by atoms with van der Waals surface area (Å²) in [5.41, 5.74) is 0.960. The highest BCUT2D eigenvalue weighted by molar-refractivity contribution is 7.92. The molecule has 0 bridgehead atoms. The summed E-state index contributed by atoms with van der Waals surface area (Å²) in [6, 6.07) is 9.61. The van der Waals surface area contributed by atoms with Crippen molar-refractivity contribution in [1.29, 1.82) is 0 Å². The van der Waals surface area contributed by atoms with Gasteiger partial charge in [-0.25, -0.2) is 8.42 Å². The smallest absolute Gasteiger partial charge is 0.246 e. The molecule has 0 spiro atoms. The Morgan fingerprint density at radius 1 is 1.30 bits per heavy atom. The van der Waals surface area contributed by atoms with Crippen molar-refractivity contribution in [2.45, 2.75) is 31.9 Å². The largest absolute Gasteiger partial charge is 0.338 e. The zero-order chi connectivity index (χ0) is 16.9. The molecule has 2 rings (SSSR count). The predicted molar refractivity (Wildman–Crippen MR) is 93.7 cm³/mol. The van der Waals surface area contributed by atoms with E-state index in [1.54, 1.807) is 11.0 Å². The van der Waals surface area contributed by atoms with Crippen LogP contribution in [0.25, 0.3) is 6.08 Å². The third kappa shape index (κ3) is 5.20. The van der Waals surface area contributed by atoms with Crippen molar-refractivity contribution in [1.82, 2.24) is 4.90 Å². The van der Waals surface area contributed by atoms with Crippen LogP contribution in [0.5, 0.6) is 0 Å². The number of piperidine rings is 1. The van der Waals surface area contributed by atoms with Gasteiger partial charge in [-0.1, -0.05) is 44.2 Å². The third-order valence-corrected chi connectivity index (χ3v) is 6.51. The molecule has 1 fully saturated rings. The molecule has 1 aromatic carbocycles. The summed E-state index contributed by atoms with van der Waals surface area (Å²) in [6.45, 7) is 4.76. The van der Waals surface area contributed by atoms with E-state index in [1.165, 1.54) is 6.08 Å². The minimum atomic E-state index is -3.13. The maximum atomic E-state index is 12.4. The van der Waals surface area contributed by atoms with E-state index in [4.69, 9.17) is 0 Å². The van der Waals surface area contributed by atoms with Crippen LogP contribution in [-0.4, -0.2) is 43.3 Å². The molecule has 1 saturated heterocycles. The van der Waals surface area contributed by atoms with Gasteiger partial charge in [-0.05, 0) is 30.4 Å². The fourth-order valence-corrected chi connectivity index (χ4v) is 5.00. The van der Waals surface area contributed by atoms with Crippen molar-refractivity contribution in [3.05, 3.63) is 42.0 Å². The summed E-state index contributed by atoms with van der Waals surface area (Å²) < 4.78 is 24.8.